The molecule has 0 radical (unpaired) electrons. The molecule has 2 heterocycles. The molecule has 0 unspecified atom stereocenters. The van der Waals surface area contributed by atoms with Crippen molar-refractivity contribution < 1.29 is 28.6 Å². The summed E-state index contributed by atoms with van der Waals surface area (Å²) in [5.41, 5.74) is -0.0336. The molecule has 1 saturated carbocycles. The third-order valence-corrected chi connectivity index (χ3v) is 6.68. The molecule has 2 aromatic rings. The summed E-state index contributed by atoms with van der Waals surface area (Å²) in [5, 5.41) is 14.8. The highest BCUT2D eigenvalue weighted by Gasteiger charge is 2.34. The third kappa shape index (κ3) is 5.72. The van der Waals surface area contributed by atoms with Gasteiger partial charge in [-0.25, -0.2) is 4.79 Å². The van der Waals surface area contributed by atoms with Gasteiger partial charge in [0.15, 0.2) is 5.58 Å². The molecule has 33 heavy (non-hydrogen) atoms. The Hall–Kier alpha value is -2.48. The Morgan fingerprint density at radius 1 is 1.21 bits per heavy atom. The maximum atomic E-state index is 12.3. The second-order valence-corrected chi connectivity index (χ2v) is 10.5. The van der Waals surface area contributed by atoms with Crippen LogP contribution in [0.25, 0.3) is 11.0 Å². The summed E-state index contributed by atoms with van der Waals surface area (Å²) in [5.74, 6) is 1.42. The molecule has 1 aliphatic heterocycles. The van der Waals surface area contributed by atoms with Gasteiger partial charge in [0.2, 0.25) is 0 Å². The number of aromatic nitrogens is 1. The average Bonchev–Trinajstić information content (AvgIpc) is 3.43. The van der Waals surface area contributed by atoms with Crippen molar-refractivity contribution in [2.75, 3.05) is 32.9 Å². The smallest absolute Gasteiger partial charge is 0.410 e. The van der Waals surface area contributed by atoms with E-state index in [2.05, 4.69) is 5.16 Å². The van der Waals surface area contributed by atoms with Crippen molar-refractivity contribution in [2.45, 2.75) is 64.9 Å². The van der Waals surface area contributed by atoms with Gasteiger partial charge in [0, 0.05) is 18.5 Å². The number of benzene rings is 1. The minimum atomic E-state index is -0.487. The monoisotopic (exact) mass is 460 g/mol. The molecule has 1 amide bonds. The molecule has 8 heteroatoms. The van der Waals surface area contributed by atoms with Crippen molar-refractivity contribution in [3.05, 3.63) is 18.2 Å². The summed E-state index contributed by atoms with van der Waals surface area (Å²) in [6.07, 6.45) is 5.65. The SMILES string of the molecule is CC(C)(C)OC(=O)N1CCC(COc2noc3cccc(OCC4(CO)CCCC4)c23)CC1. The molecule has 8 nitrogen and oxygen atoms in total. The molecular weight excluding hydrogens is 424 g/mol. The molecule has 2 aliphatic rings. The lowest BCUT2D eigenvalue weighted by atomic mass is 9.88. The van der Waals surface area contributed by atoms with Gasteiger partial charge in [-0.1, -0.05) is 18.9 Å². The lowest BCUT2D eigenvalue weighted by molar-refractivity contribution is 0.0163. The van der Waals surface area contributed by atoms with Crippen LogP contribution in [0, 0.1) is 11.3 Å². The first kappa shape index (κ1) is 23.7. The van der Waals surface area contributed by atoms with E-state index in [0.717, 1.165) is 43.9 Å². The fourth-order valence-electron chi connectivity index (χ4n) is 4.66. The van der Waals surface area contributed by atoms with Gasteiger partial charge >= 0.3 is 6.09 Å². The van der Waals surface area contributed by atoms with Crippen LogP contribution in [0.2, 0.25) is 0 Å². The number of amides is 1. The minimum absolute atomic E-state index is 0.137. The average molecular weight is 461 g/mol. The number of piperidine rings is 1. The zero-order valence-corrected chi connectivity index (χ0v) is 20.0. The fraction of sp³-hybridized carbons (Fsp3) is 0.680. The zero-order valence-electron chi connectivity index (χ0n) is 20.0. The quantitative estimate of drug-likeness (QED) is 0.635. The second-order valence-electron chi connectivity index (χ2n) is 10.5. The maximum absolute atomic E-state index is 12.3. The highest BCUT2D eigenvalue weighted by atomic mass is 16.6. The number of carbonyl (C=O) groups is 1. The summed E-state index contributed by atoms with van der Waals surface area (Å²) < 4.78 is 23.2. The number of hydrogen-bond acceptors (Lipinski definition) is 7. The van der Waals surface area contributed by atoms with Gasteiger partial charge in [0.25, 0.3) is 5.88 Å². The lowest BCUT2D eigenvalue weighted by Crippen LogP contribution is -2.42. The van der Waals surface area contributed by atoms with E-state index in [0.29, 0.717) is 49.4 Å². The number of nitrogens with zero attached hydrogens (tertiary/aromatic N) is 2. The van der Waals surface area contributed by atoms with Gasteiger partial charge in [-0.2, -0.15) is 0 Å². The first-order chi connectivity index (χ1) is 15.8. The normalized spacial score (nSPS) is 19.1. The van der Waals surface area contributed by atoms with Crippen LogP contribution in [-0.4, -0.2) is 59.8 Å². The van der Waals surface area contributed by atoms with Crippen LogP contribution < -0.4 is 9.47 Å². The Labute approximate surface area is 195 Å². The van der Waals surface area contributed by atoms with Crippen LogP contribution in [0.4, 0.5) is 4.79 Å². The molecule has 0 atom stereocenters. The van der Waals surface area contributed by atoms with E-state index in [1.54, 1.807) is 4.90 Å². The summed E-state index contributed by atoms with van der Waals surface area (Å²) >= 11 is 0. The van der Waals surface area contributed by atoms with E-state index in [1.807, 2.05) is 39.0 Å². The first-order valence-electron chi connectivity index (χ1n) is 12.0. The van der Waals surface area contributed by atoms with E-state index in [-0.39, 0.29) is 18.1 Å². The van der Waals surface area contributed by atoms with E-state index in [1.165, 1.54) is 0 Å². The number of hydrogen-bond donors (Lipinski definition) is 1. The predicted octanol–water partition coefficient (Wildman–Crippen LogP) is 4.79. The summed E-state index contributed by atoms with van der Waals surface area (Å²) in [7, 11) is 0. The highest BCUT2D eigenvalue weighted by molar-refractivity contribution is 5.88. The molecule has 4 rings (SSSR count). The van der Waals surface area contributed by atoms with E-state index in [9.17, 15) is 9.90 Å². The van der Waals surface area contributed by atoms with Crippen molar-refractivity contribution in [2.24, 2.45) is 11.3 Å². The number of ether oxygens (including phenoxy) is 3. The number of aliphatic hydroxyl groups is 1. The predicted molar refractivity (Wildman–Crippen MR) is 124 cm³/mol. The Morgan fingerprint density at radius 3 is 2.61 bits per heavy atom. The van der Waals surface area contributed by atoms with Crippen molar-refractivity contribution in [3.8, 4) is 11.6 Å². The van der Waals surface area contributed by atoms with Crippen molar-refractivity contribution in [1.82, 2.24) is 10.1 Å². The molecule has 1 aromatic heterocycles. The van der Waals surface area contributed by atoms with Gasteiger partial charge in [-0.15, -0.1) is 0 Å². The standard InChI is InChI=1S/C25H36N2O6/c1-24(2,3)32-23(29)27-13-9-18(10-14-27)15-30-22-21-19(7-6-8-20(21)33-26-22)31-17-25(16-28)11-4-5-12-25/h6-8,18,28H,4-5,9-17H2,1-3H3. The third-order valence-electron chi connectivity index (χ3n) is 6.68. The Bertz CT molecular complexity index is 936. The lowest BCUT2D eigenvalue weighted by Gasteiger charge is -2.33. The molecule has 1 N–H and O–H groups in total. The first-order valence-corrected chi connectivity index (χ1v) is 12.0. The number of likely N-dealkylation sites (tertiary alicyclic amines) is 1. The van der Waals surface area contributed by atoms with Crippen LogP contribution in [0.3, 0.4) is 0 Å². The van der Waals surface area contributed by atoms with Gasteiger partial charge in [-0.3, -0.25) is 0 Å². The maximum Gasteiger partial charge on any atom is 0.410 e. The molecule has 182 valence electrons. The highest BCUT2D eigenvalue weighted by Crippen LogP contribution is 2.40. The molecule has 1 saturated heterocycles. The zero-order chi connectivity index (χ0) is 23.5. The molecule has 0 bridgehead atoms. The van der Waals surface area contributed by atoms with Crippen LogP contribution in [0.1, 0.15) is 59.3 Å². The minimum Gasteiger partial charge on any atom is -0.492 e. The fourth-order valence-corrected chi connectivity index (χ4v) is 4.66. The summed E-state index contributed by atoms with van der Waals surface area (Å²) in [6.45, 7) is 8.04. The Kier molecular flexibility index (Phi) is 7.02. The topological polar surface area (TPSA) is 94.3 Å². The van der Waals surface area contributed by atoms with Gasteiger partial charge in [0.1, 0.15) is 16.7 Å². The Morgan fingerprint density at radius 2 is 1.94 bits per heavy atom. The number of fused-ring (bicyclic) bond motifs is 1. The number of carbonyl (C=O) groups excluding carboxylic acids is 1. The van der Waals surface area contributed by atoms with Crippen molar-refractivity contribution in [3.63, 3.8) is 0 Å². The summed E-state index contributed by atoms with van der Waals surface area (Å²) in [6, 6.07) is 5.61. The molecule has 1 aromatic carbocycles. The molecule has 0 spiro atoms. The van der Waals surface area contributed by atoms with Crippen LogP contribution >= 0.6 is 0 Å². The van der Waals surface area contributed by atoms with Crippen LogP contribution in [0.5, 0.6) is 11.6 Å². The second kappa shape index (κ2) is 9.79. The Balaban J connectivity index is 1.34. The largest absolute Gasteiger partial charge is 0.492 e. The number of rotatable bonds is 7. The molecule has 1 aliphatic carbocycles. The van der Waals surface area contributed by atoms with Gasteiger partial charge in [-0.05, 0) is 69.7 Å². The molecular formula is C25H36N2O6. The van der Waals surface area contributed by atoms with E-state index >= 15 is 0 Å². The van der Waals surface area contributed by atoms with Gasteiger partial charge < -0.3 is 28.7 Å². The summed E-state index contributed by atoms with van der Waals surface area (Å²) in [4.78, 5) is 14.0. The van der Waals surface area contributed by atoms with E-state index < -0.39 is 5.60 Å². The van der Waals surface area contributed by atoms with Crippen molar-refractivity contribution >= 4 is 17.1 Å². The van der Waals surface area contributed by atoms with E-state index in [4.69, 9.17) is 18.7 Å². The van der Waals surface area contributed by atoms with Gasteiger partial charge in [0.05, 0.1) is 19.8 Å². The van der Waals surface area contributed by atoms with Crippen LogP contribution in [-0.2, 0) is 4.74 Å². The van der Waals surface area contributed by atoms with Crippen molar-refractivity contribution in [1.29, 1.82) is 0 Å². The number of aliphatic hydroxyl groups excluding tert-OH is 1. The molecule has 2 fully saturated rings. The van der Waals surface area contributed by atoms with Crippen LogP contribution in [0.15, 0.2) is 22.7 Å².